The van der Waals surface area contributed by atoms with Crippen LogP contribution in [0.3, 0.4) is 0 Å². The summed E-state index contributed by atoms with van der Waals surface area (Å²) in [4.78, 5) is 49.2. The van der Waals surface area contributed by atoms with Crippen LogP contribution in [0.15, 0.2) is 18.2 Å². The van der Waals surface area contributed by atoms with Crippen LogP contribution in [0.1, 0.15) is 93.1 Å². The molecule has 0 aromatic heterocycles. The van der Waals surface area contributed by atoms with E-state index in [1.807, 2.05) is 48.5 Å². The summed E-state index contributed by atoms with van der Waals surface area (Å²) in [6.45, 7) is 15.4. The number of esters is 4. The first-order valence-electron chi connectivity index (χ1n) is 13.7. The highest BCUT2D eigenvalue weighted by molar-refractivity contribution is 5.77. The zero-order valence-corrected chi connectivity index (χ0v) is 24.8. The highest BCUT2D eigenvalue weighted by Gasteiger charge is 2.23. The van der Waals surface area contributed by atoms with E-state index in [9.17, 15) is 19.2 Å². The van der Waals surface area contributed by atoms with Gasteiger partial charge in [0.1, 0.15) is 18.8 Å². The van der Waals surface area contributed by atoms with Crippen molar-refractivity contribution in [2.45, 2.75) is 106 Å². The summed E-state index contributed by atoms with van der Waals surface area (Å²) in [5.41, 5.74) is 6.47. The summed E-state index contributed by atoms with van der Waals surface area (Å²) in [5, 5.41) is 0. The van der Waals surface area contributed by atoms with Gasteiger partial charge in [0, 0.05) is 12.8 Å². The molecule has 0 radical (unpaired) electrons. The fourth-order valence-corrected chi connectivity index (χ4v) is 3.36. The maximum atomic E-state index is 12.5. The summed E-state index contributed by atoms with van der Waals surface area (Å²) in [7, 11) is 0. The minimum absolute atomic E-state index is 0.0687. The molecule has 0 bridgehead atoms. The molecule has 9 nitrogen and oxygen atoms in total. The molecule has 2 N–H and O–H groups in total. The van der Waals surface area contributed by atoms with Crippen molar-refractivity contribution in [3.63, 3.8) is 0 Å². The van der Waals surface area contributed by atoms with Crippen molar-refractivity contribution in [1.82, 2.24) is 0 Å². The highest BCUT2D eigenvalue weighted by Crippen LogP contribution is 2.30. The summed E-state index contributed by atoms with van der Waals surface area (Å²) in [6.07, 6.45) is 1.45. The number of benzene rings is 1. The van der Waals surface area contributed by atoms with Crippen LogP contribution in [0, 0.1) is 17.3 Å². The van der Waals surface area contributed by atoms with E-state index in [1.54, 1.807) is 19.1 Å². The summed E-state index contributed by atoms with van der Waals surface area (Å²) < 4.78 is 21.6. The number of nitrogens with two attached hydrogens (primary N) is 1. The Hall–Kier alpha value is -2.94. The molecule has 9 heteroatoms. The van der Waals surface area contributed by atoms with Crippen LogP contribution in [0.2, 0.25) is 0 Å². The smallest absolute Gasteiger partial charge is 0.323 e. The average molecular weight is 550 g/mol. The first kappa shape index (κ1) is 34.1. The monoisotopic (exact) mass is 549 g/mol. The molecule has 220 valence electrons. The van der Waals surface area contributed by atoms with Crippen molar-refractivity contribution in [1.29, 1.82) is 0 Å². The number of carbonyl (C=O) groups is 4. The molecule has 0 spiro atoms. The molecule has 0 heterocycles. The van der Waals surface area contributed by atoms with Crippen LogP contribution in [-0.4, -0.2) is 42.6 Å². The van der Waals surface area contributed by atoms with E-state index in [-0.39, 0.29) is 55.2 Å². The first-order chi connectivity index (χ1) is 18.1. The second-order valence-electron chi connectivity index (χ2n) is 12.1. The Morgan fingerprint density at radius 2 is 1.36 bits per heavy atom. The van der Waals surface area contributed by atoms with Crippen molar-refractivity contribution in [2.24, 2.45) is 23.0 Å². The fourth-order valence-electron chi connectivity index (χ4n) is 3.36. The van der Waals surface area contributed by atoms with Crippen molar-refractivity contribution < 1.29 is 38.1 Å². The zero-order chi connectivity index (χ0) is 29.8. The van der Waals surface area contributed by atoms with Gasteiger partial charge in [-0.3, -0.25) is 19.2 Å². The average Bonchev–Trinajstić information content (AvgIpc) is 2.80. The molecule has 0 aliphatic carbocycles. The molecule has 1 aromatic rings. The molecule has 1 rings (SSSR count). The van der Waals surface area contributed by atoms with Gasteiger partial charge in [-0.25, -0.2) is 0 Å². The number of hydrogen-bond acceptors (Lipinski definition) is 9. The molecule has 0 unspecified atom stereocenters. The Labute approximate surface area is 233 Å². The third-order valence-electron chi connectivity index (χ3n) is 5.54. The van der Waals surface area contributed by atoms with Crippen LogP contribution >= 0.6 is 0 Å². The lowest BCUT2D eigenvalue weighted by Gasteiger charge is -2.19. The van der Waals surface area contributed by atoms with Gasteiger partial charge in [0.2, 0.25) is 0 Å². The van der Waals surface area contributed by atoms with E-state index >= 15 is 0 Å². The lowest BCUT2D eigenvalue weighted by molar-refractivity contribution is -0.159. The fraction of sp³-hybridized carbons (Fsp3) is 0.667. The molecule has 0 saturated heterocycles. The van der Waals surface area contributed by atoms with Crippen molar-refractivity contribution in [3.05, 3.63) is 23.8 Å². The third kappa shape index (κ3) is 15.3. The van der Waals surface area contributed by atoms with Crippen LogP contribution in [-0.2, 0) is 35.1 Å². The molecular formula is C30H47NO8. The molecular weight excluding hydrogens is 502 g/mol. The maximum Gasteiger partial charge on any atom is 0.323 e. The quantitative estimate of drug-likeness (QED) is 0.233. The molecule has 0 aliphatic rings. The Balaban J connectivity index is 2.86. The molecule has 0 amide bonds. The van der Waals surface area contributed by atoms with Gasteiger partial charge in [0.25, 0.3) is 0 Å². The number of rotatable bonds is 15. The number of hydrogen-bond donors (Lipinski definition) is 1. The Morgan fingerprint density at radius 1 is 0.821 bits per heavy atom. The van der Waals surface area contributed by atoms with Crippen LogP contribution in [0.4, 0.5) is 0 Å². The topological polar surface area (TPSA) is 131 Å². The minimum atomic E-state index is -1.01. The van der Waals surface area contributed by atoms with Crippen LogP contribution in [0.25, 0.3) is 0 Å². The molecule has 0 aliphatic heterocycles. The van der Waals surface area contributed by atoms with Crippen molar-refractivity contribution in [3.8, 4) is 11.5 Å². The van der Waals surface area contributed by atoms with E-state index in [4.69, 9.17) is 24.7 Å². The third-order valence-corrected chi connectivity index (χ3v) is 5.54. The van der Waals surface area contributed by atoms with Gasteiger partial charge in [0.15, 0.2) is 11.5 Å². The van der Waals surface area contributed by atoms with Crippen LogP contribution < -0.4 is 15.2 Å². The molecule has 0 fully saturated rings. The lowest BCUT2D eigenvalue weighted by Crippen LogP contribution is -2.37. The predicted molar refractivity (Wildman–Crippen MR) is 148 cm³/mol. The standard InChI is InChI=1S/C30H47NO8/c1-19(2)9-13-26(32)38-24-12-11-22(16-25(24)39-27(33)14-10-20(3)4)15-23(31)29(35)37-21(5)18-36-28(34)17-30(6,7)8/h11-12,16,19-21,23H,9-10,13-15,17-18,31H2,1-8H3/t21-,23-/m0/s1. The van der Waals surface area contributed by atoms with Gasteiger partial charge in [-0.05, 0) is 61.1 Å². The van der Waals surface area contributed by atoms with E-state index in [0.717, 1.165) is 0 Å². The normalized spacial score (nSPS) is 13.1. The van der Waals surface area contributed by atoms with E-state index in [2.05, 4.69) is 0 Å². The van der Waals surface area contributed by atoms with Gasteiger partial charge in [-0.15, -0.1) is 0 Å². The summed E-state index contributed by atoms with van der Waals surface area (Å²) in [5.74, 6) is -0.999. The first-order valence-corrected chi connectivity index (χ1v) is 13.7. The molecule has 0 saturated carbocycles. The molecule has 39 heavy (non-hydrogen) atoms. The number of carbonyl (C=O) groups excluding carboxylic acids is 4. The van der Waals surface area contributed by atoms with E-state index in [0.29, 0.717) is 30.2 Å². The Bertz CT molecular complexity index is 964. The zero-order valence-electron chi connectivity index (χ0n) is 24.8. The molecule has 1 aromatic carbocycles. The van der Waals surface area contributed by atoms with Gasteiger partial charge >= 0.3 is 23.9 Å². The Morgan fingerprint density at radius 3 is 1.87 bits per heavy atom. The molecule has 2 atom stereocenters. The lowest BCUT2D eigenvalue weighted by atomic mass is 9.92. The van der Waals surface area contributed by atoms with Crippen molar-refractivity contribution >= 4 is 23.9 Å². The van der Waals surface area contributed by atoms with Gasteiger partial charge in [-0.2, -0.15) is 0 Å². The summed E-state index contributed by atoms with van der Waals surface area (Å²) in [6, 6.07) is 3.72. The Kier molecular flexibility index (Phi) is 14.2. The maximum absolute atomic E-state index is 12.5. The largest absolute Gasteiger partial charge is 0.462 e. The van der Waals surface area contributed by atoms with E-state index < -0.39 is 30.1 Å². The number of ether oxygens (including phenoxy) is 4. The highest BCUT2D eigenvalue weighted by atomic mass is 16.6. The minimum Gasteiger partial charge on any atom is -0.462 e. The van der Waals surface area contributed by atoms with E-state index in [1.165, 1.54) is 6.07 Å². The van der Waals surface area contributed by atoms with Crippen LogP contribution in [0.5, 0.6) is 11.5 Å². The second-order valence-corrected chi connectivity index (χ2v) is 12.1. The predicted octanol–water partition coefficient (Wildman–Crippen LogP) is 5.15. The van der Waals surface area contributed by atoms with Gasteiger partial charge in [0.05, 0.1) is 6.42 Å². The van der Waals surface area contributed by atoms with Gasteiger partial charge < -0.3 is 24.7 Å². The second kappa shape index (κ2) is 16.2. The summed E-state index contributed by atoms with van der Waals surface area (Å²) >= 11 is 0. The van der Waals surface area contributed by atoms with Crippen molar-refractivity contribution in [2.75, 3.05) is 6.61 Å². The SMILES string of the molecule is CC(C)CCC(=O)Oc1ccc(C[C@H](N)C(=O)O[C@@H](C)COC(=O)CC(C)(C)C)cc1OC(=O)CCC(C)C. The van der Waals surface area contributed by atoms with Gasteiger partial charge in [-0.1, -0.05) is 54.5 Å².